The molecule has 0 amide bonds. The van der Waals surface area contributed by atoms with E-state index in [-0.39, 0.29) is 0 Å². The molecular formula is C13H17NO2S. The number of nitrogens with one attached hydrogen (secondary N) is 1. The predicted molar refractivity (Wildman–Crippen MR) is 69.4 cm³/mol. The summed E-state index contributed by atoms with van der Waals surface area (Å²) in [7, 11) is 0. The third-order valence-corrected chi connectivity index (χ3v) is 4.22. The molecule has 1 aliphatic carbocycles. The molecule has 0 unspecified atom stereocenters. The number of carboxylic acid groups (broad SMARTS) is 1. The summed E-state index contributed by atoms with van der Waals surface area (Å²) in [6.07, 6.45) is 5.47. The van der Waals surface area contributed by atoms with Crippen molar-refractivity contribution in [3.63, 3.8) is 0 Å². The molecule has 0 spiro atoms. The number of aryl methyl sites for hydroxylation is 2. The van der Waals surface area contributed by atoms with E-state index in [1.165, 1.54) is 29.7 Å². The van der Waals surface area contributed by atoms with Crippen LogP contribution in [0, 0.1) is 0 Å². The average Bonchev–Trinajstić information content (AvgIpc) is 2.83. The number of hydrogen-bond donors (Lipinski definition) is 2. The Balaban J connectivity index is 1.79. The van der Waals surface area contributed by atoms with Crippen molar-refractivity contribution in [1.29, 1.82) is 0 Å². The van der Waals surface area contributed by atoms with Crippen molar-refractivity contribution in [2.45, 2.75) is 32.7 Å². The van der Waals surface area contributed by atoms with Crippen LogP contribution in [-0.4, -0.2) is 17.6 Å². The van der Waals surface area contributed by atoms with Gasteiger partial charge in [-0.1, -0.05) is 6.08 Å². The summed E-state index contributed by atoms with van der Waals surface area (Å²) in [5.41, 5.74) is 1.91. The third-order valence-electron chi connectivity index (χ3n) is 2.99. The zero-order valence-electron chi connectivity index (χ0n) is 9.95. The lowest BCUT2D eigenvalue weighted by atomic mass is 10.2. The van der Waals surface area contributed by atoms with Gasteiger partial charge in [-0.05, 0) is 37.8 Å². The first kappa shape index (κ1) is 12.3. The highest BCUT2D eigenvalue weighted by Crippen LogP contribution is 2.30. The summed E-state index contributed by atoms with van der Waals surface area (Å²) in [6.45, 7) is 3.06. The number of thiophene rings is 1. The first-order valence-electron chi connectivity index (χ1n) is 5.88. The molecule has 2 rings (SSSR count). The van der Waals surface area contributed by atoms with Crippen LogP contribution in [0.15, 0.2) is 17.7 Å². The summed E-state index contributed by atoms with van der Waals surface area (Å²) in [4.78, 5) is 13.5. The third kappa shape index (κ3) is 3.17. The number of carboxylic acids is 1. The zero-order chi connectivity index (χ0) is 12.3. The summed E-state index contributed by atoms with van der Waals surface area (Å²) < 4.78 is 0. The standard InChI is InChI=1S/C13H17NO2S/c1-9(13(15)16)5-6-14-8-11-7-10-3-2-4-12(10)17-11/h5,7,14H,2-4,6,8H2,1H3,(H,15,16). The van der Waals surface area contributed by atoms with Crippen LogP contribution in [0.2, 0.25) is 0 Å². The summed E-state index contributed by atoms with van der Waals surface area (Å²) in [5.74, 6) is -0.845. The molecule has 0 aliphatic heterocycles. The normalized spacial score (nSPS) is 15.0. The molecular weight excluding hydrogens is 234 g/mol. The van der Waals surface area contributed by atoms with Gasteiger partial charge in [0, 0.05) is 28.4 Å². The lowest BCUT2D eigenvalue weighted by molar-refractivity contribution is -0.132. The van der Waals surface area contributed by atoms with Gasteiger partial charge in [0.2, 0.25) is 0 Å². The lowest BCUT2D eigenvalue weighted by Gasteiger charge is -1.99. The monoisotopic (exact) mass is 251 g/mol. The fourth-order valence-corrected chi connectivity index (χ4v) is 3.22. The molecule has 0 fully saturated rings. The van der Waals surface area contributed by atoms with E-state index in [2.05, 4.69) is 11.4 Å². The predicted octanol–water partition coefficient (Wildman–Crippen LogP) is 2.36. The van der Waals surface area contributed by atoms with Crippen molar-refractivity contribution in [3.8, 4) is 0 Å². The maximum atomic E-state index is 10.6. The van der Waals surface area contributed by atoms with Gasteiger partial charge in [0.25, 0.3) is 0 Å². The quantitative estimate of drug-likeness (QED) is 0.624. The van der Waals surface area contributed by atoms with Gasteiger partial charge >= 0.3 is 5.97 Å². The molecule has 4 heteroatoms. The van der Waals surface area contributed by atoms with E-state index in [4.69, 9.17) is 5.11 Å². The van der Waals surface area contributed by atoms with Gasteiger partial charge in [-0.15, -0.1) is 11.3 Å². The van der Waals surface area contributed by atoms with Crippen LogP contribution in [0.4, 0.5) is 0 Å². The molecule has 17 heavy (non-hydrogen) atoms. The van der Waals surface area contributed by atoms with Crippen LogP contribution in [0.3, 0.4) is 0 Å². The molecule has 0 saturated heterocycles. The van der Waals surface area contributed by atoms with E-state index in [1.54, 1.807) is 17.9 Å². The van der Waals surface area contributed by atoms with Crippen molar-refractivity contribution < 1.29 is 9.90 Å². The Hall–Kier alpha value is -1.13. The number of hydrogen-bond acceptors (Lipinski definition) is 3. The van der Waals surface area contributed by atoms with Gasteiger partial charge in [0.05, 0.1) is 0 Å². The van der Waals surface area contributed by atoms with E-state index in [1.807, 2.05) is 11.3 Å². The van der Waals surface area contributed by atoms with Gasteiger partial charge in [-0.25, -0.2) is 4.79 Å². The topological polar surface area (TPSA) is 49.3 Å². The van der Waals surface area contributed by atoms with Gasteiger partial charge < -0.3 is 10.4 Å². The Kier molecular flexibility index (Phi) is 3.97. The number of fused-ring (bicyclic) bond motifs is 1. The van der Waals surface area contributed by atoms with Crippen molar-refractivity contribution in [2.24, 2.45) is 0 Å². The summed E-state index contributed by atoms with van der Waals surface area (Å²) >= 11 is 1.89. The molecule has 0 aromatic carbocycles. The second-order valence-corrected chi connectivity index (χ2v) is 5.56. The molecule has 1 aliphatic rings. The first-order chi connectivity index (χ1) is 8.16. The van der Waals surface area contributed by atoms with Crippen LogP contribution in [0.25, 0.3) is 0 Å². The van der Waals surface area contributed by atoms with E-state index in [0.717, 1.165) is 6.54 Å². The van der Waals surface area contributed by atoms with Gasteiger partial charge in [-0.3, -0.25) is 0 Å². The first-order valence-corrected chi connectivity index (χ1v) is 6.69. The van der Waals surface area contributed by atoms with Crippen molar-refractivity contribution in [1.82, 2.24) is 5.32 Å². The minimum atomic E-state index is -0.845. The van der Waals surface area contributed by atoms with Crippen molar-refractivity contribution in [2.75, 3.05) is 6.54 Å². The fraction of sp³-hybridized carbons (Fsp3) is 0.462. The molecule has 0 saturated carbocycles. The highest BCUT2D eigenvalue weighted by Gasteiger charge is 2.14. The SMILES string of the molecule is CC(=CCNCc1cc2c(s1)CCC2)C(=O)O. The number of rotatable bonds is 5. The second-order valence-electron chi connectivity index (χ2n) is 4.34. The molecule has 0 radical (unpaired) electrons. The smallest absolute Gasteiger partial charge is 0.330 e. The molecule has 0 bridgehead atoms. The largest absolute Gasteiger partial charge is 0.478 e. The molecule has 0 atom stereocenters. The Bertz CT molecular complexity index is 427. The second kappa shape index (κ2) is 5.47. The van der Waals surface area contributed by atoms with E-state index >= 15 is 0 Å². The molecule has 1 aromatic rings. The van der Waals surface area contributed by atoms with Crippen LogP contribution < -0.4 is 5.32 Å². The minimum absolute atomic E-state index is 0.395. The van der Waals surface area contributed by atoms with Crippen LogP contribution >= 0.6 is 11.3 Å². The highest BCUT2D eigenvalue weighted by atomic mass is 32.1. The van der Waals surface area contributed by atoms with Crippen molar-refractivity contribution in [3.05, 3.63) is 33.0 Å². The van der Waals surface area contributed by atoms with E-state index in [0.29, 0.717) is 12.1 Å². The van der Waals surface area contributed by atoms with Crippen molar-refractivity contribution >= 4 is 17.3 Å². The Morgan fingerprint density at radius 2 is 2.41 bits per heavy atom. The Morgan fingerprint density at radius 3 is 3.12 bits per heavy atom. The summed E-state index contributed by atoms with van der Waals surface area (Å²) in [5, 5.41) is 11.9. The van der Waals surface area contributed by atoms with Crippen LogP contribution in [0.1, 0.15) is 28.7 Å². The highest BCUT2D eigenvalue weighted by molar-refractivity contribution is 7.12. The Morgan fingerprint density at radius 1 is 1.59 bits per heavy atom. The molecule has 3 nitrogen and oxygen atoms in total. The molecule has 1 heterocycles. The zero-order valence-corrected chi connectivity index (χ0v) is 10.8. The molecule has 92 valence electrons. The van der Waals surface area contributed by atoms with Crippen LogP contribution in [-0.2, 0) is 24.2 Å². The van der Waals surface area contributed by atoms with Gasteiger partial charge in [0.1, 0.15) is 0 Å². The lowest BCUT2D eigenvalue weighted by Crippen LogP contribution is -2.13. The number of carbonyl (C=O) groups is 1. The van der Waals surface area contributed by atoms with Gasteiger partial charge in [-0.2, -0.15) is 0 Å². The molecule has 2 N–H and O–H groups in total. The number of aliphatic carboxylic acids is 1. The average molecular weight is 251 g/mol. The van der Waals surface area contributed by atoms with E-state index in [9.17, 15) is 4.79 Å². The van der Waals surface area contributed by atoms with Crippen LogP contribution in [0.5, 0.6) is 0 Å². The fourth-order valence-electron chi connectivity index (χ4n) is 1.99. The molecule has 1 aromatic heterocycles. The minimum Gasteiger partial charge on any atom is -0.478 e. The van der Waals surface area contributed by atoms with E-state index < -0.39 is 5.97 Å². The summed E-state index contributed by atoms with van der Waals surface area (Å²) in [6, 6.07) is 2.29. The van der Waals surface area contributed by atoms with Gasteiger partial charge in [0.15, 0.2) is 0 Å². The maximum absolute atomic E-state index is 10.6. The Labute approximate surface area is 105 Å². The maximum Gasteiger partial charge on any atom is 0.330 e.